The monoisotopic (exact) mass is 358 g/mol. The Labute approximate surface area is 158 Å². The van der Waals surface area contributed by atoms with E-state index in [0.29, 0.717) is 12.3 Å². The maximum absolute atomic E-state index is 13.0. The standard InChI is InChI=1S/C23H34O3/c1-15(2)20(18(6)24)10-8-9-11-21(16(3)4)23(25)19-12-13-22(26-7)17(5)14-19/h8-9,12-16,20-21H,10-11H2,1-7H3/b9-8+/t20-,21-/m0/s1. The van der Waals surface area contributed by atoms with E-state index in [9.17, 15) is 9.59 Å². The van der Waals surface area contributed by atoms with E-state index >= 15 is 0 Å². The van der Waals surface area contributed by atoms with Crippen molar-refractivity contribution in [2.45, 2.75) is 54.4 Å². The van der Waals surface area contributed by atoms with Gasteiger partial charge in [-0.2, -0.15) is 0 Å². The molecular formula is C23H34O3. The normalized spacial score (nSPS) is 14.0. The van der Waals surface area contributed by atoms with Crippen LogP contribution in [0.15, 0.2) is 30.4 Å². The number of benzene rings is 1. The Hall–Kier alpha value is -1.90. The summed E-state index contributed by atoms with van der Waals surface area (Å²) in [4.78, 5) is 24.7. The van der Waals surface area contributed by atoms with Crippen molar-refractivity contribution in [2.75, 3.05) is 7.11 Å². The summed E-state index contributed by atoms with van der Waals surface area (Å²) in [5.74, 6) is 1.78. The fraction of sp³-hybridized carbons (Fsp3) is 0.565. The van der Waals surface area contributed by atoms with Crippen molar-refractivity contribution in [1.82, 2.24) is 0 Å². The van der Waals surface area contributed by atoms with Gasteiger partial charge in [0.25, 0.3) is 0 Å². The van der Waals surface area contributed by atoms with Crippen LogP contribution in [0.3, 0.4) is 0 Å². The largest absolute Gasteiger partial charge is 0.496 e. The zero-order chi connectivity index (χ0) is 19.9. The Bertz CT molecular complexity index is 641. The first-order valence-electron chi connectivity index (χ1n) is 9.53. The molecule has 0 unspecified atom stereocenters. The van der Waals surface area contributed by atoms with Crippen molar-refractivity contribution in [2.24, 2.45) is 23.7 Å². The van der Waals surface area contributed by atoms with Crippen LogP contribution >= 0.6 is 0 Å². The minimum Gasteiger partial charge on any atom is -0.496 e. The number of aryl methyl sites for hydroxylation is 1. The van der Waals surface area contributed by atoms with E-state index in [1.165, 1.54) is 0 Å². The molecule has 3 nitrogen and oxygen atoms in total. The molecule has 1 rings (SSSR count). The summed E-state index contributed by atoms with van der Waals surface area (Å²) in [6.45, 7) is 11.9. The number of hydrogen-bond acceptors (Lipinski definition) is 3. The first-order valence-corrected chi connectivity index (χ1v) is 9.53. The van der Waals surface area contributed by atoms with Gasteiger partial charge in [-0.05, 0) is 62.3 Å². The van der Waals surface area contributed by atoms with Crippen LogP contribution in [0.1, 0.15) is 63.4 Å². The first-order chi connectivity index (χ1) is 12.2. The molecular weight excluding hydrogens is 324 g/mol. The molecule has 144 valence electrons. The Morgan fingerprint density at radius 1 is 1.00 bits per heavy atom. The minimum atomic E-state index is -0.0612. The van der Waals surface area contributed by atoms with Crippen LogP contribution < -0.4 is 4.74 Å². The van der Waals surface area contributed by atoms with Gasteiger partial charge in [0, 0.05) is 17.4 Å². The predicted molar refractivity (Wildman–Crippen MR) is 108 cm³/mol. The average Bonchev–Trinajstić information content (AvgIpc) is 2.56. The Morgan fingerprint density at radius 2 is 1.54 bits per heavy atom. The number of hydrogen-bond donors (Lipinski definition) is 0. The minimum absolute atomic E-state index is 0.0590. The van der Waals surface area contributed by atoms with Gasteiger partial charge in [-0.1, -0.05) is 39.8 Å². The van der Waals surface area contributed by atoms with E-state index in [4.69, 9.17) is 4.74 Å². The Balaban J connectivity index is 2.83. The average molecular weight is 359 g/mol. The lowest BCUT2D eigenvalue weighted by Gasteiger charge is -2.19. The highest BCUT2D eigenvalue weighted by atomic mass is 16.5. The van der Waals surface area contributed by atoms with E-state index in [1.807, 2.05) is 25.1 Å². The first kappa shape index (κ1) is 22.1. The van der Waals surface area contributed by atoms with Crippen molar-refractivity contribution in [3.63, 3.8) is 0 Å². The molecule has 0 heterocycles. The molecule has 2 atom stereocenters. The maximum Gasteiger partial charge on any atom is 0.166 e. The summed E-state index contributed by atoms with van der Waals surface area (Å²) in [5.41, 5.74) is 1.71. The van der Waals surface area contributed by atoms with Gasteiger partial charge in [0.1, 0.15) is 11.5 Å². The molecule has 0 fully saturated rings. The molecule has 0 N–H and O–H groups in total. The van der Waals surface area contributed by atoms with Crippen molar-refractivity contribution in [1.29, 1.82) is 0 Å². The third-order valence-electron chi connectivity index (χ3n) is 5.09. The topological polar surface area (TPSA) is 43.4 Å². The Kier molecular flexibility index (Phi) is 8.77. The molecule has 3 heteroatoms. The molecule has 1 aromatic carbocycles. The molecule has 0 bridgehead atoms. The fourth-order valence-corrected chi connectivity index (χ4v) is 3.32. The second-order valence-electron chi connectivity index (χ2n) is 7.80. The number of allylic oxidation sites excluding steroid dienone is 2. The van der Waals surface area contributed by atoms with Crippen molar-refractivity contribution < 1.29 is 14.3 Å². The third-order valence-corrected chi connectivity index (χ3v) is 5.09. The van der Waals surface area contributed by atoms with E-state index in [2.05, 4.69) is 39.8 Å². The molecule has 0 radical (unpaired) electrons. The summed E-state index contributed by atoms with van der Waals surface area (Å²) in [7, 11) is 1.64. The highest BCUT2D eigenvalue weighted by Gasteiger charge is 2.23. The smallest absolute Gasteiger partial charge is 0.166 e. The summed E-state index contributed by atoms with van der Waals surface area (Å²) in [6, 6.07) is 5.61. The zero-order valence-electron chi connectivity index (χ0n) is 17.3. The Morgan fingerprint density at radius 3 is 1.96 bits per heavy atom. The lowest BCUT2D eigenvalue weighted by Crippen LogP contribution is -2.20. The molecule has 1 aromatic rings. The quantitative estimate of drug-likeness (QED) is 0.400. The molecule has 0 aliphatic heterocycles. The molecule has 26 heavy (non-hydrogen) atoms. The molecule has 0 aliphatic carbocycles. The van der Waals surface area contributed by atoms with Crippen LogP contribution in [0.25, 0.3) is 0 Å². The highest BCUT2D eigenvalue weighted by molar-refractivity contribution is 5.98. The van der Waals surface area contributed by atoms with Gasteiger partial charge < -0.3 is 4.74 Å². The lowest BCUT2D eigenvalue weighted by molar-refractivity contribution is -0.121. The van der Waals surface area contributed by atoms with Crippen LogP contribution in [0, 0.1) is 30.6 Å². The number of ether oxygens (including phenoxy) is 1. The van der Waals surface area contributed by atoms with Crippen LogP contribution in [-0.4, -0.2) is 18.7 Å². The molecule has 0 aliphatic rings. The lowest BCUT2D eigenvalue weighted by atomic mass is 9.84. The summed E-state index contributed by atoms with van der Waals surface area (Å²) in [6.07, 6.45) is 5.57. The third kappa shape index (κ3) is 6.12. The van der Waals surface area contributed by atoms with Gasteiger partial charge in [-0.25, -0.2) is 0 Å². The van der Waals surface area contributed by atoms with Crippen LogP contribution in [0.5, 0.6) is 5.75 Å². The van der Waals surface area contributed by atoms with Gasteiger partial charge in [0.05, 0.1) is 7.11 Å². The predicted octanol–water partition coefficient (Wildman–Crippen LogP) is 5.66. The number of carbonyl (C=O) groups is 2. The number of methoxy groups -OCH3 is 1. The number of rotatable bonds is 10. The van der Waals surface area contributed by atoms with Crippen LogP contribution in [-0.2, 0) is 4.79 Å². The number of Topliss-reactive ketones (excluding diaryl/α,β-unsaturated/α-hetero) is 2. The van der Waals surface area contributed by atoms with E-state index in [0.717, 1.165) is 23.3 Å². The molecule has 0 amide bonds. The van der Waals surface area contributed by atoms with Crippen molar-refractivity contribution >= 4 is 11.6 Å². The molecule has 0 spiro atoms. The molecule has 0 saturated carbocycles. The van der Waals surface area contributed by atoms with Crippen molar-refractivity contribution in [3.05, 3.63) is 41.5 Å². The second-order valence-corrected chi connectivity index (χ2v) is 7.80. The van der Waals surface area contributed by atoms with Crippen LogP contribution in [0.4, 0.5) is 0 Å². The summed E-state index contributed by atoms with van der Waals surface area (Å²) in [5, 5.41) is 0. The zero-order valence-corrected chi connectivity index (χ0v) is 17.3. The van der Waals surface area contributed by atoms with E-state index < -0.39 is 0 Å². The van der Waals surface area contributed by atoms with Gasteiger partial charge in [0.2, 0.25) is 0 Å². The summed E-state index contributed by atoms with van der Waals surface area (Å²) < 4.78 is 5.28. The van der Waals surface area contributed by atoms with Gasteiger partial charge in [0.15, 0.2) is 5.78 Å². The van der Waals surface area contributed by atoms with E-state index in [1.54, 1.807) is 14.0 Å². The summed E-state index contributed by atoms with van der Waals surface area (Å²) >= 11 is 0. The molecule has 0 aromatic heterocycles. The molecule has 0 saturated heterocycles. The highest BCUT2D eigenvalue weighted by Crippen LogP contribution is 2.25. The second kappa shape index (κ2) is 10.3. The fourth-order valence-electron chi connectivity index (χ4n) is 3.32. The SMILES string of the molecule is COc1ccc(C(=O)[C@@H](C/C=C/C[C@H](C(C)=O)C(C)C)C(C)C)cc1C. The van der Waals surface area contributed by atoms with Gasteiger partial charge in [-0.3, -0.25) is 9.59 Å². The van der Waals surface area contributed by atoms with E-state index in [-0.39, 0.29) is 29.3 Å². The van der Waals surface area contributed by atoms with Crippen molar-refractivity contribution in [3.8, 4) is 5.75 Å². The maximum atomic E-state index is 13.0. The number of ketones is 2. The number of carbonyl (C=O) groups excluding carboxylic acids is 2. The van der Waals surface area contributed by atoms with Crippen LogP contribution in [0.2, 0.25) is 0 Å². The van der Waals surface area contributed by atoms with Gasteiger partial charge >= 0.3 is 0 Å². The van der Waals surface area contributed by atoms with Gasteiger partial charge in [-0.15, -0.1) is 0 Å².